The standard InChI is InChI=1S/C34H71NO2/c1-2-3-4-5-6-15-20-25-30-35(31-26-21-16-11-7-9-13-18-23-28-33-36)32-27-22-17-12-8-10-14-19-24-29-34-37/h36-37H,2-34H2,1H3. The van der Waals surface area contributed by atoms with Crippen molar-refractivity contribution in [2.24, 2.45) is 0 Å². The van der Waals surface area contributed by atoms with E-state index in [0.29, 0.717) is 13.2 Å². The lowest BCUT2D eigenvalue weighted by Gasteiger charge is -2.22. The topological polar surface area (TPSA) is 43.7 Å². The SMILES string of the molecule is CCCCCCCCCCN(CCCCCCCCCCCCO)CCCCCCCCCCCCO. The van der Waals surface area contributed by atoms with Gasteiger partial charge in [-0.15, -0.1) is 0 Å². The average Bonchev–Trinajstić information content (AvgIpc) is 2.91. The summed E-state index contributed by atoms with van der Waals surface area (Å²) in [5.74, 6) is 0. The fraction of sp³-hybridized carbons (Fsp3) is 1.00. The molecule has 0 spiro atoms. The minimum Gasteiger partial charge on any atom is -0.396 e. The van der Waals surface area contributed by atoms with E-state index >= 15 is 0 Å². The molecule has 0 unspecified atom stereocenters. The Morgan fingerprint density at radius 1 is 0.297 bits per heavy atom. The summed E-state index contributed by atoms with van der Waals surface area (Å²) in [5, 5.41) is 17.7. The van der Waals surface area contributed by atoms with Crippen LogP contribution in [0.2, 0.25) is 0 Å². The summed E-state index contributed by atoms with van der Waals surface area (Å²) in [7, 11) is 0. The first-order valence-electron chi connectivity index (χ1n) is 17.3. The van der Waals surface area contributed by atoms with Gasteiger partial charge in [0.1, 0.15) is 0 Å². The Morgan fingerprint density at radius 3 is 0.757 bits per heavy atom. The van der Waals surface area contributed by atoms with Crippen LogP contribution in [-0.2, 0) is 0 Å². The monoisotopic (exact) mass is 526 g/mol. The van der Waals surface area contributed by atoms with Crippen molar-refractivity contribution in [3.05, 3.63) is 0 Å². The quantitative estimate of drug-likeness (QED) is 0.0837. The van der Waals surface area contributed by atoms with Crippen molar-refractivity contribution in [3.63, 3.8) is 0 Å². The summed E-state index contributed by atoms with van der Waals surface area (Å²) in [6, 6.07) is 0. The fourth-order valence-electron chi connectivity index (χ4n) is 5.53. The van der Waals surface area contributed by atoms with Crippen LogP contribution in [-0.4, -0.2) is 48.0 Å². The molecule has 0 aromatic rings. The van der Waals surface area contributed by atoms with Gasteiger partial charge in [-0.1, -0.05) is 155 Å². The Balaban J connectivity index is 3.84. The normalized spacial score (nSPS) is 11.7. The Labute approximate surface area is 234 Å². The highest BCUT2D eigenvalue weighted by atomic mass is 16.3. The first kappa shape index (κ1) is 36.9. The summed E-state index contributed by atoms with van der Waals surface area (Å²) in [6.45, 7) is 7.01. The first-order valence-corrected chi connectivity index (χ1v) is 17.3. The van der Waals surface area contributed by atoms with E-state index in [1.165, 1.54) is 187 Å². The third-order valence-electron chi connectivity index (χ3n) is 8.09. The van der Waals surface area contributed by atoms with Crippen molar-refractivity contribution >= 4 is 0 Å². The number of aliphatic hydroxyl groups is 2. The molecular weight excluding hydrogens is 454 g/mol. The smallest absolute Gasteiger partial charge is 0.0431 e. The second-order valence-corrected chi connectivity index (χ2v) is 11.8. The molecule has 0 saturated carbocycles. The van der Waals surface area contributed by atoms with Gasteiger partial charge in [0.2, 0.25) is 0 Å². The van der Waals surface area contributed by atoms with Gasteiger partial charge in [0.25, 0.3) is 0 Å². The maximum Gasteiger partial charge on any atom is 0.0431 e. The van der Waals surface area contributed by atoms with E-state index in [1.807, 2.05) is 0 Å². The van der Waals surface area contributed by atoms with E-state index in [4.69, 9.17) is 10.2 Å². The van der Waals surface area contributed by atoms with Gasteiger partial charge in [-0.05, 0) is 51.7 Å². The van der Waals surface area contributed by atoms with E-state index in [2.05, 4.69) is 11.8 Å². The molecule has 3 nitrogen and oxygen atoms in total. The lowest BCUT2D eigenvalue weighted by Crippen LogP contribution is -2.27. The van der Waals surface area contributed by atoms with Gasteiger partial charge in [0, 0.05) is 13.2 Å². The van der Waals surface area contributed by atoms with Crippen LogP contribution in [0.15, 0.2) is 0 Å². The van der Waals surface area contributed by atoms with Crippen LogP contribution in [0.4, 0.5) is 0 Å². The molecule has 0 heterocycles. The molecule has 0 saturated heterocycles. The van der Waals surface area contributed by atoms with E-state index in [-0.39, 0.29) is 0 Å². The molecule has 0 aromatic heterocycles. The number of aliphatic hydroxyl groups excluding tert-OH is 2. The van der Waals surface area contributed by atoms with E-state index < -0.39 is 0 Å². The summed E-state index contributed by atoms with van der Waals surface area (Å²) in [6.07, 6.45) is 38.0. The van der Waals surface area contributed by atoms with Crippen LogP contribution in [0.5, 0.6) is 0 Å². The lowest BCUT2D eigenvalue weighted by atomic mass is 10.1. The van der Waals surface area contributed by atoms with Crippen molar-refractivity contribution < 1.29 is 10.2 Å². The summed E-state index contributed by atoms with van der Waals surface area (Å²) in [4.78, 5) is 2.80. The maximum atomic E-state index is 8.86. The van der Waals surface area contributed by atoms with Gasteiger partial charge < -0.3 is 15.1 Å². The summed E-state index contributed by atoms with van der Waals surface area (Å²) in [5.41, 5.74) is 0. The largest absolute Gasteiger partial charge is 0.396 e. The third-order valence-corrected chi connectivity index (χ3v) is 8.09. The Morgan fingerprint density at radius 2 is 0.514 bits per heavy atom. The number of hydrogen-bond acceptors (Lipinski definition) is 3. The summed E-state index contributed by atoms with van der Waals surface area (Å²) >= 11 is 0. The van der Waals surface area contributed by atoms with Gasteiger partial charge in [-0.3, -0.25) is 0 Å². The van der Waals surface area contributed by atoms with Crippen LogP contribution in [0.25, 0.3) is 0 Å². The van der Waals surface area contributed by atoms with Gasteiger partial charge in [-0.2, -0.15) is 0 Å². The van der Waals surface area contributed by atoms with Crippen molar-refractivity contribution in [1.29, 1.82) is 0 Å². The van der Waals surface area contributed by atoms with Gasteiger partial charge in [-0.25, -0.2) is 0 Å². The van der Waals surface area contributed by atoms with E-state index in [1.54, 1.807) is 0 Å². The zero-order chi connectivity index (χ0) is 26.9. The number of hydrogen-bond donors (Lipinski definition) is 2. The molecule has 0 aromatic carbocycles. The summed E-state index contributed by atoms with van der Waals surface area (Å²) < 4.78 is 0. The Bertz CT molecular complexity index is 364. The molecule has 0 aliphatic rings. The third kappa shape index (κ3) is 32.0. The molecule has 3 heteroatoms. The molecule has 0 fully saturated rings. The molecule has 0 atom stereocenters. The average molecular weight is 526 g/mol. The van der Waals surface area contributed by atoms with Crippen molar-refractivity contribution in [2.75, 3.05) is 32.8 Å². The number of unbranched alkanes of at least 4 members (excludes halogenated alkanes) is 25. The Kier molecular flexibility index (Phi) is 33.8. The highest BCUT2D eigenvalue weighted by Crippen LogP contribution is 2.14. The first-order chi connectivity index (χ1) is 18.3. The number of nitrogens with zero attached hydrogens (tertiary/aromatic N) is 1. The van der Waals surface area contributed by atoms with Crippen LogP contribution in [0.3, 0.4) is 0 Å². The minimum atomic E-state index is 0.364. The second-order valence-electron chi connectivity index (χ2n) is 11.8. The van der Waals surface area contributed by atoms with Crippen LogP contribution in [0.1, 0.15) is 187 Å². The van der Waals surface area contributed by atoms with Crippen LogP contribution < -0.4 is 0 Å². The minimum absolute atomic E-state index is 0.364. The predicted octanol–water partition coefficient (Wildman–Crippen LogP) is 10.2. The zero-order valence-corrected chi connectivity index (χ0v) is 25.7. The molecule has 0 rings (SSSR count). The molecule has 0 radical (unpaired) electrons. The molecule has 0 bridgehead atoms. The molecule has 0 aliphatic carbocycles. The molecular formula is C34H71NO2. The Hall–Kier alpha value is -0.120. The van der Waals surface area contributed by atoms with E-state index in [9.17, 15) is 0 Å². The molecule has 37 heavy (non-hydrogen) atoms. The number of rotatable bonds is 33. The van der Waals surface area contributed by atoms with Gasteiger partial charge in [0.15, 0.2) is 0 Å². The van der Waals surface area contributed by atoms with Gasteiger partial charge in [0.05, 0.1) is 0 Å². The second kappa shape index (κ2) is 33.9. The van der Waals surface area contributed by atoms with E-state index in [0.717, 1.165) is 12.8 Å². The predicted molar refractivity (Wildman–Crippen MR) is 166 cm³/mol. The molecule has 0 amide bonds. The zero-order valence-electron chi connectivity index (χ0n) is 25.7. The van der Waals surface area contributed by atoms with Crippen molar-refractivity contribution in [1.82, 2.24) is 4.90 Å². The molecule has 0 aliphatic heterocycles. The van der Waals surface area contributed by atoms with Crippen molar-refractivity contribution in [2.45, 2.75) is 187 Å². The fourth-order valence-corrected chi connectivity index (χ4v) is 5.53. The molecule has 2 N–H and O–H groups in total. The van der Waals surface area contributed by atoms with Crippen LogP contribution in [0, 0.1) is 0 Å². The van der Waals surface area contributed by atoms with Gasteiger partial charge >= 0.3 is 0 Å². The maximum absolute atomic E-state index is 8.86. The lowest BCUT2D eigenvalue weighted by molar-refractivity contribution is 0.254. The highest BCUT2D eigenvalue weighted by molar-refractivity contribution is 4.61. The van der Waals surface area contributed by atoms with Crippen LogP contribution >= 0.6 is 0 Å². The highest BCUT2D eigenvalue weighted by Gasteiger charge is 2.05. The van der Waals surface area contributed by atoms with Crippen molar-refractivity contribution in [3.8, 4) is 0 Å². The molecule has 224 valence electrons.